The summed E-state index contributed by atoms with van der Waals surface area (Å²) in [6.07, 6.45) is 4.83. The number of rotatable bonds is 8. The van der Waals surface area contributed by atoms with Gasteiger partial charge in [0.1, 0.15) is 12.1 Å². The Kier molecular flexibility index (Phi) is 6.97. The van der Waals surface area contributed by atoms with Crippen LogP contribution in [-0.4, -0.2) is 52.9 Å². The van der Waals surface area contributed by atoms with E-state index in [1.165, 1.54) is 6.33 Å². The quantitative estimate of drug-likeness (QED) is 0.595. The second-order valence-electron chi connectivity index (χ2n) is 8.62. The number of hydrogen-bond acceptors (Lipinski definition) is 6. The molecule has 0 unspecified atom stereocenters. The van der Waals surface area contributed by atoms with Crippen molar-refractivity contribution >= 4 is 5.91 Å². The number of ether oxygens (including phenoxy) is 1. The lowest BCUT2D eigenvalue weighted by Gasteiger charge is -2.28. The van der Waals surface area contributed by atoms with E-state index in [-0.39, 0.29) is 11.3 Å². The minimum atomic E-state index is -0.131. The number of benzene rings is 1. The molecule has 0 aliphatic heterocycles. The Balaban J connectivity index is 1.79. The Bertz CT molecular complexity index is 1040. The van der Waals surface area contributed by atoms with Crippen LogP contribution in [0.3, 0.4) is 0 Å². The first-order valence-electron chi connectivity index (χ1n) is 10.2. The number of amides is 1. The first kappa shape index (κ1) is 22.4. The van der Waals surface area contributed by atoms with Crippen LogP contribution in [0.2, 0.25) is 0 Å². The molecule has 1 amide bonds. The van der Waals surface area contributed by atoms with Crippen LogP contribution in [0.1, 0.15) is 29.8 Å². The first-order valence-corrected chi connectivity index (χ1v) is 10.2. The number of pyridine rings is 1. The second kappa shape index (κ2) is 9.66. The molecule has 0 aliphatic rings. The van der Waals surface area contributed by atoms with Crippen LogP contribution in [-0.2, 0) is 0 Å². The van der Waals surface area contributed by atoms with Crippen LogP contribution in [0.15, 0.2) is 55.1 Å². The van der Waals surface area contributed by atoms with Gasteiger partial charge in [-0.25, -0.2) is 15.0 Å². The SMILES string of the molecule is Cc1ccc(C(=O)NCC(C)(C)CN(C)C)cc1Oc1ncccc1-c1ccncn1. The van der Waals surface area contributed by atoms with Crippen LogP contribution in [0.4, 0.5) is 0 Å². The second-order valence-corrected chi connectivity index (χ2v) is 8.62. The molecule has 2 heterocycles. The molecule has 2 aromatic heterocycles. The van der Waals surface area contributed by atoms with Gasteiger partial charge in [0.05, 0.1) is 11.3 Å². The molecule has 0 fully saturated rings. The summed E-state index contributed by atoms with van der Waals surface area (Å²) in [5.74, 6) is 0.872. The lowest BCUT2D eigenvalue weighted by molar-refractivity contribution is 0.0929. The van der Waals surface area contributed by atoms with Crippen molar-refractivity contribution in [3.05, 3.63) is 66.2 Å². The topological polar surface area (TPSA) is 80.2 Å². The normalized spacial score (nSPS) is 11.4. The van der Waals surface area contributed by atoms with Crippen molar-refractivity contribution in [2.45, 2.75) is 20.8 Å². The molecule has 0 atom stereocenters. The van der Waals surface area contributed by atoms with Gasteiger partial charge in [0.15, 0.2) is 0 Å². The number of nitrogens with one attached hydrogen (secondary N) is 1. The molecular formula is C24H29N5O2. The van der Waals surface area contributed by atoms with Crippen LogP contribution in [0, 0.1) is 12.3 Å². The van der Waals surface area contributed by atoms with Crippen molar-refractivity contribution in [3.8, 4) is 22.9 Å². The van der Waals surface area contributed by atoms with Gasteiger partial charge < -0.3 is 15.0 Å². The number of aromatic nitrogens is 3. The first-order chi connectivity index (χ1) is 14.7. The van der Waals surface area contributed by atoms with E-state index in [9.17, 15) is 4.79 Å². The van der Waals surface area contributed by atoms with E-state index in [0.29, 0.717) is 29.4 Å². The summed E-state index contributed by atoms with van der Waals surface area (Å²) >= 11 is 0. The molecule has 3 rings (SSSR count). The minimum Gasteiger partial charge on any atom is -0.438 e. The predicted molar refractivity (Wildman–Crippen MR) is 121 cm³/mol. The van der Waals surface area contributed by atoms with Gasteiger partial charge in [-0.2, -0.15) is 0 Å². The fourth-order valence-corrected chi connectivity index (χ4v) is 3.41. The van der Waals surface area contributed by atoms with Crippen molar-refractivity contribution in [3.63, 3.8) is 0 Å². The average Bonchev–Trinajstić information content (AvgIpc) is 2.74. The maximum Gasteiger partial charge on any atom is 0.251 e. The number of aryl methyl sites for hydroxylation is 1. The highest BCUT2D eigenvalue weighted by atomic mass is 16.5. The Morgan fingerprint density at radius 3 is 2.65 bits per heavy atom. The zero-order chi connectivity index (χ0) is 22.4. The van der Waals surface area contributed by atoms with Gasteiger partial charge in [-0.05, 0) is 62.3 Å². The Labute approximate surface area is 183 Å². The molecule has 0 saturated heterocycles. The molecule has 0 radical (unpaired) electrons. The van der Waals surface area contributed by atoms with E-state index in [4.69, 9.17) is 4.74 Å². The molecule has 1 N–H and O–H groups in total. The minimum absolute atomic E-state index is 0.0381. The van der Waals surface area contributed by atoms with Crippen molar-refractivity contribution in [2.75, 3.05) is 27.2 Å². The fourth-order valence-electron chi connectivity index (χ4n) is 3.41. The Morgan fingerprint density at radius 2 is 1.94 bits per heavy atom. The van der Waals surface area contributed by atoms with Crippen molar-refractivity contribution in [1.29, 1.82) is 0 Å². The molecule has 0 saturated carbocycles. The lowest BCUT2D eigenvalue weighted by Crippen LogP contribution is -2.39. The molecule has 3 aromatic rings. The number of carbonyl (C=O) groups excluding carboxylic acids is 1. The van der Waals surface area contributed by atoms with E-state index in [0.717, 1.165) is 17.7 Å². The maximum absolute atomic E-state index is 12.8. The number of carbonyl (C=O) groups is 1. The van der Waals surface area contributed by atoms with Crippen molar-refractivity contribution < 1.29 is 9.53 Å². The zero-order valence-corrected chi connectivity index (χ0v) is 18.7. The monoisotopic (exact) mass is 419 g/mol. The maximum atomic E-state index is 12.8. The summed E-state index contributed by atoms with van der Waals surface area (Å²) in [6, 6.07) is 11.0. The third-order valence-corrected chi connectivity index (χ3v) is 4.76. The van der Waals surface area contributed by atoms with Gasteiger partial charge in [0, 0.05) is 31.0 Å². The molecule has 162 valence electrons. The van der Waals surface area contributed by atoms with Crippen LogP contribution in [0.5, 0.6) is 11.6 Å². The molecule has 7 heteroatoms. The Hall–Kier alpha value is -3.32. The average molecular weight is 420 g/mol. The van der Waals surface area contributed by atoms with E-state index in [2.05, 4.69) is 39.0 Å². The van der Waals surface area contributed by atoms with Gasteiger partial charge in [-0.15, -0.1) is 0 Å². The molecule has 7 nitrogen and oxygen atoms in total. The van der Waals surface area contributed by atoms with Gasteiger partial charge in [0.25, 0.3) is 5.91 Å². The molecule has 0 aliphatic carbocycles. The van der Waals surface area contributed by atoms with E-state index in [1.807, 2.05) is 39.2 Å². The molecule has 0 spiro atoms. The molecular weight excluding hydrogens is 390 g/mol. The third kappa shape index (κ3) is 6.08. The van der Waals surface area contributed by atoms with Gasteiger partial charge in [-0.1, -0.05) is 19.9 Å². The van der Waals surface area contributed by atoms with E-state index >= 15 is 0 Å². The van der Waals surface area contributed by atoms with E-state index in [1.54, 1.807) is 30.6 Å². The fraction of sp³-hybridized carbons (Fsp3) is 0.333. The summed E-state index contributed by atoms with van der Waals surface area (Å²) in [5, 5.41) is 3.04. The third-order valence-electron chi connectivity index (χ3n) is 4.76. The molecule has 31 heavy (non-hydrogen) atoms. The van der Waals surface area contributed by atoms with Crippen molar-refractivity contribution in [1.82, 2.24) is 25.2 Å². The van der Waals surface area contributed by atoms with Gasteiger partial charge in [0.2, 0.25) is 5.88 Å². The smallest absolute Gasteiger partial charge is 0.251 e. The van der Waals surface area contributed by atoms with E-state index < -0.39 is 0 Å². The van der Waals surface area contributed by atoms with Gasteiger partial charge in [-0.3, -0.25) is 4.79 Å². The summed E-state index contributed by atoms with van der Waals surface area (Å²) in [5.41, 5.74) is 2.88. The predicted octanol–water partition coefficient (Wildman–Crippen LogP) is 3.96. The van der Waals surface area contributed by atoms with Crippen LogP contribution < -0.4 is 10.1 Å². The summed E-state index contributed by atoms with van der Waals surface area (Å²) in [6.45, 7) is 7.65. The highest BCUT2D eigenvalue weighted by molar-refractivity contribution is 5.94. The summed E-state index contributed by atoms with van der Waals surface area (Å²) in [7, 11) is 4.06. The number of hydrogen-bond donors (Lipinski definition) is 1. The van der Waals surface area contributed by atoms with Gasteiger partial charge >= 0.3 is 0 Å². The van der Waals surface area contributed by atoms with Crippen LogP contribution >= 0.6 is 0 Å². The molecule has 0 bridgehead atoms. The molecule has 1 aromatic carbocycles. The summed E-state index contributed by atoms with van der Waals surface area (Å²) in [4.78, 5) is 27.5. The largest absolute Gasteiger partial charge is 0.438 e. The van der Waals surface area contributed by atoms with Crippen LogP contribution in [0.25, 0.3) is 11.3 Å². The highest BCUT2D eigenvalue weighted by Gasteiger charge is 2.21. The highest BCUT2D eigenvalue weighted by Crippen LogP contribution is 2.32. The Morgan fingerprint density at radius 1 is 1.13 bits per heavy atom. The van der Waals surface area contributed by atoms with Crippen molar-refractivity contribution in [2.24, 2.45) is 5.41 Å². The summed E-state index contributed by atoms with van der Waals surface area (Å²) < 4.78 is 6.13. The lowest BCUT2D eigenvalue weighted by atomic mass is 9.93. The zero-order valence-electron chi connectivity index (χ0n) is 18.7. The number of nitrogens with zero attached hydrogens (tertiary/aromatic N) is 4. The standard InChI is InChI=1S/C24H29N5O2/c1-17-8-9-18(22(30)27-14-24(2,3)15-29(4)5)13-21(17)31-23-19(7-6-11-26-23)20-10-12-25-16-28-20/h6-13,16H,14-15H2,1-5H3,(H,27,30).